The SMILES string of the molecule is Cc1ccc(S(=O)(=O)N2CCN(C(=O)c3ncoc3C3CC3)CC2)cc1. The van der Waals surface area contributed by atoms with E-state index in [0.717, 1.165) is 18.4 Å². The van der Waals surface area contributed by atoms with Gasteiger partial charge in [-0.2, -0.15) is 4.31 Å². The molecule has 1 aromatic carbocycles. The summed E-state index contributed by atoms with van der Waals surface area (Å²) >= 11 is 0. The molecule has 1 aliphatic carbocycles. The molecule has 1 amide bonds. The summed E-state index contributed by atoms with van der Waals surface area (Å²) in [5.74, 6) is 0.803. The standard InChI is InChI=1S/C18H21N3O4S/c1-13-2-6-15(7-3-13)26(23,24)21-10-8-20(9-11-21)18(22)16-17(14-4-5-14)25-12-19-16/h2-3,6-7,12,14H,4-5,8-11H2,1H3. The van der Waals surface area contributed by atoms with Crippen molar-refractivity contribution in [2.75, 3.05) is 26.2 Å². The van der Waals surface area contributed by atoms with Crippen LogP contribution in [-0.2, 0) is 10.0 Å². The first-order valence-corrected chi connectivity index (χ1v) is 10.2. The molecule has 26 heavy (non-hydrogen) atoms. The smallest absolute Gasteiger partial charge is 0.276 e. The maximum atomic E-state index is 12.8. The van der Waals surface area contributed by atoms with Crippen molar-refractivity contribution in [1.29, 1.82) is 0 Å². The molecule has 2 fully saturated rings. The number of amides is 1. The molecule has 0 atom stereocenters. The molecule has 1 saturated heterocycles. The maximum Gasteiger partial charge on any atom is 0.276 e. The minimum atomic E-state index is -3.53. The number of piperazine rings is 1. The van der Waals surface area contributed by atoms with Gasteiger partial charge in [-0.05, 0) is 31.9 Å². The molecule has 0 N–H and O–H groups in total. The predicted octanol–water partition coefficient (Wildman–Crippen LogP) is 2.01. The average Bonchev–Trinajstić information content (AvgIpc) is 3.38. The van der Waals surface area contributed by atoms with Crippen molar-refractivity contribution in [2.45, 2.75) is 30.6 Å². The highest BCUT2D eigenvalue weighted by atomic mass is 32.2. The van der Waals surface area contributed by atoms with Gasteiger partial charge in [0.25, 0.3) is 5.91 Å². The highest BCUT2D eigenvalue weighted by Gasteiger charge is 2.36. The van der Waals surface area contributed by atoms with Gasteiger partial charge >= 0.3 is 0 Å². The summed E-state index contributed by atoms with van der Waals surface area (Å²) in [7, 11) is -3.53. The largest absolute Gasteiger partial charge is 0.447 e. The lowest BCUT2D eigenvalue weighted by Gasteiger charge is -2.33. The molecule has 0 radical (unpaired) electrons. The molecule has 2 aliphatic rings. The third kappa shape index (κ3) is 3.14. The van der Waals surface area contributed by atoms with Crippen LogP contribution in [0.15, 0.2) is 40.0 Å². The number of carbonyl (C=O) groups excluding carboxylic acids is 1. The van der Waals surface area contributed by atoms with E-state index in [0.29, 0.717) is 30.5 Å². The van der Waals surface area contributed by atoms with Crippen LogP contribution in [0.2, 0.25) is 0 Å². The second-order valence-electron chi connectivity index (χ2n) is 6.85. The van der Waals surface area contributed by atoms with Gasteiger partial charge in [0.05, 0.1) is 4.90 Å². The zero-order valence-electron chi connectivity index (χ0n) is 14.6. The zero-order chi connectivity index (χ0) is 18.3. The van der Waals surface area contributed by atoms with Crippen LogP contribution in [0.25, 0.3) is 0 Å². The Bertz CT molecular complexity index is 908. The summed E-state index contributed by atoms with van der Waals surface area (Å²) in [6.45, 7) is 3.17. The normalized spacial score (nSPS) is 18.9. The van der Waals surface area contributed by atoms with Gasteiger partial charge < -0.3 is 9.32 Å². The molecule has 0 unspecified atom stereocenters. The van der Waals surface area contributed by atoms with E-state index in [-0.39, 0.29) is 23.9 Å². The number of benzene rings is 1. The number of aromatic nitrogens is 1. The third-order valence-electron chi connectivity index (χ3n) is 4.93. The Labute approximate surface area is 152 Å². The van der Waals surface area contributed by atoms with Crippen molar-refractivity contribution in [1.82, 2.24) is 14.2 Å². The van der Waals surface area contributed by atoms with Crippen molar-refractivity contribution in [3.63, 3.8) is 0 Å². The fraction of sp³-hybridized carbons (Fsp3) is 0.444. The highest BCUT2D eigenvalue weighted by molar-refractivity contribution is 7.89. The van der Waals surface area contributed by atoms with Crippen molar-refractivity contribution in [3.05, 3.63) is 47.7 Å². The molecule has 1 saturated carbocycles. The Kier molecular flexibility index (Phi) is 4.32. The topological polar surface area (TPSA) is 83.7 Å². The first-order valence-electron chi connectivity index (χ1n) is 8.76. The van der Waals surface area contributed by atoms with Gasteiger partial charge in [0.15, 0.2) is 12.1 Å². The van der Waals surface area contributed by atoms with Crippen molar-refractivity contribution in [3.8, 4) is 0 Å². The molecule has 2 heterocycles. The monoisotopic (exact) mass is 375 g/mol. The Balaban J connectivity index is 1.44. The Morgan fingerprint density at radius 2 is 1.77 bits per heavy atom. The number of nitrogens with zero attached hydrogens (tertiary/aromatic N) is 3. The van der Waals surface area contributed by atoms with E-state index in [1.807, 2.05) is 6.92 Å². The molecule has 8 heteroatoms. The summed E-state index contributed by atoms with van der Waals surface area (Å²) in [6.07, 6.45) is 3.37. The number of aryl methyl sites for hydroxylation is 1. The fourth-order valence-corrected chi connectivity index (χ4v) is 4.61. The lowest BCUT2D eigenvalue weighted by Crippen LogP contribution is -2.50. The van der Waals surface area contributed by atoms with Crippen LogP contribution in [-0.4, -0.2) is 54.7 Å². The molecule has 7 nitrogen and oxygen atoms in total. The van der Waals surface area contributed by atoms with Gasteiger partial charge in [-0.15, -0.1) is 0 Å². The quantitative estimate of drug-likeness (QED) is 0.816. The van der Waals surface area contributed by atoms with Crippen LogP contribution < -0.4 is 0 Å². The van der Waals surface area contributed by atoms with E-state index in [9.17, 15) is 13.2 Å². The molecule has 4 rings (SSSR count). The van der Waals surface area contributed by atoms with Gasteiger partial charge in [-0.25, -0.2) is 13.4 Å². The van der Waals surface area contributed by atoms with Gasteiger partial charge in [0.1, 0.15) is 5.76 Å². The highest BCUT2D eigenvalue weighted by Crippen LogP contribution is 2.41. The van der Waals surface area contributed by atoms with E-state index in [1.165, 1.54) is 10.7 Å². The Morgan fingerprint density at radius 3 is 2.38 bits per heavy atom. The van der Waals surface area contributed by atoms with Gasteiger partial charge in [-0.1, -0.05) is 17.7 Å². The molecule has 0 spiro atoms. The molecule has 1 aliphatic heterocycles. The average molecular weight is 375 g/mol. The summed E-state index contributed by atoms with van der Waals surface area (Å²) < 4.78 is 32.3. The lowest BCUT2D eigenvalue weighted by atomic mass is 10.2. The predicted molar refractivity (Wildman–Crippen MR) is 94.3 cm³/mol. The first kappa shape index (κ1) is 17.2. The number of hydrogen-bond donors (Lipinski definition) is 0. The van der Waals surface area contributed by atoms with Crippen LogP contribution in [0.5, 0.6) is 0 Å². The first-order chi connectivity index (χ1) is 12.5. The minimum Gasteiger partial charge on any atom is -0.447 e. The second-order valence-corrected chi connectivity index (χ2v) is 8.79. The van der Waals surface area contributed by atoms with Gasteiger partial charge in [0.2, 0.25) is 10.0 Å². The number of oxazole rings is 1. The number of sulfonamides is 1. The third-order valence-corrected chi connectivity index (χ3v) is 6.84. The van der Waals surface area contributed by atoms with Crippen LogP contribution in [0.3, 0.4) is 0 Å². The van der Waals surface area contributed by atoms with Crippen molar-refractivity contribution in [2.24, 2.45) is 0 Å². The summed E-state index contributed by atoms with van der Waals surface area (Å²) in [5.41, 5.74) is 1.39. The van der Waals surface area contributed by atoms with E-state index < -0.39 is 10.0 Å². The van der Waals surface area contributed by atoms with E-state index >= 15 is 0 Å². The number of hydrogen-bond acceptors (Lipinski definition) is 5. The van der Waals surface area contributed by atoms with Crippen LogP contribution in [0.1, 0.15) is 40.6 Å². The van der Waals surface area contributed by atoms with Crippen LogP contribution in [0.4, 0.5) is 0 Å². The Morgan fingerprint density at radius 1 is 1.12 bits per heavy atom. The van der Waals surface area contributed by atoms with Gasteiger partial charge in [0, 0.05) is 32.1 Å². The maximum absolute atomic E-state index is 12.8. The molecular weight excluding hydrogens is 354 g/mol. The fourth-order valence-electron chi connectivity index (χ4n) is 3.19. The van der Waals surface area contributed by atoms with Crippen molar-refractivity contribution >= 4 is 15.9 Å². The molecule has 138 valence electrons. The lowest BCUT2D eigenvalue weighted by molar-refractivity contribution is 0.0690. The molecule has 2 aromatic rings. The number of rotatable bonds is 4. The minimum absolute atomic E-state index is 0.173. The van der Waals surface area contributed by atoms with E-state index in [4.69, 9.17) is 4.42 Å². The molecule has 0 bridgehead atoms. The van der Waals surface area contributed by atoms with Gasteiger partial charge in [-0.3, -0.25) is 4.79 Å². The van der Waals surface area contributed by atoms with E-state index in [1.54, 1.807) is 29.2 Å². The zero-order valence-corrected chi connectivity index (χ0v) is 15.4. The van der Waals surface area contributed by atoms with Crippen LogP contribution in [0, 0.1) is 6.92 Å². The Hall–Kier alpha value is -2.19. The second kappa shape index (κ2) is 6.51. The summed E-state index contributed by atoms with van der Waals surface area (Å²) in [5, 5.41) is 0. The van der Waals surface area contributed by atoms with Crippen LogP contribution >= 0.6 is 0 Å². The summed E-state index contributed by atoms with van der Waals surface area (Å²) in [6, 6.07) is 6.83. The molecule has 1 aromatic heterocycles. The summed E-state index contributed by atoms with van der Waals surface area (Å²) in [4.78, 5) is 18.7. The molecular formula is C18H21N3O4S. The van der Waals surface area contributed by atoms with E-state index in [2.05, 4.69) is 4.98 Å². The number of carbonyl (C=O) groups is 1. The van der Waals surface area contributed by atoms with Crippen molar-refractivity contribution < 1.29 is 17.6 Å².